The van der Waals surface area contributed by atoms with Crippen LogP contribution in [-0.4, -0.2) is 52.9 Å². The van der Waals surface area contributed by atoms with Crippen molar-refractivity contribution in [1.29, 1.82) is 0 Å². The molecule has 1 aliphatic heterocycles. The Morgan fingerprint density at radius 1 is 1.02 bits per heavy atom. The van der Waals surface area contributed by atoms with Crippen LogP contribution in [0, 0.1) is 18.7 Å². The molecular weight excluding hydrogens is 644 g/mol. The van der Waals surface area contributed by atoms with Crippen LogP contribution in [0.4, 0.5) is 15.8 Å². The third kappa shape index (κ3) is 7.52. The number of aryl methyl sites for hydroxylation is 1. The van der Waals surface area contributed by atoms with E-state index in [0.717, 1.165) is 52.9 Å². The van der Waals surface area contributed by atoms with Gasteiger partial charge in [-0.05, 0) is 85.3 Å². The highest BCUT2D eigenvalue weighted by Crippen LogP contribution is 2.32. The number of aliphatic imine (C=N–C) groups is 1. The number of nitrogens with zero attached hydrogens (tertiary/aromatic N) is 4. The predicted octanol–water partition coefficient (Wildman–Crippen LogP) is 6.31. The van der Waals surface area contributed by atoms with Crippen LogP contribution in [0.3, 0.4) is 0 Å². The summed E-state index contributed by atoms with van der Waals surface area (Å²) in [5.41, 5.74) is 8.13. The summed E-state index contributed by atoms with van der Waals surface area (Å²) < 4.78 is 40.3. The summed E-state index contributed by atoms with van der Waals surface area (Å²) in [6.45, 7) is 2.27. The fourth-order valence-electron chi connectivity index (χ4n) is 6.67. The van der Waals surface area contributed by atoms with Gasteiger partial charge in [-0.1, -0.05) is 19.3 Å². The first-order chi connectivity index (χ1) is 23.6. The van der Waals surface area contributed by atoms with E-state index in [9.17, 15) is 17.6 Å². The number of H-pyrrole nitrogens is 1. The number of aromatic nitrogens is 4. The van der Waals surface area contributed by atoms with E-state index in [2.05, 4.69) is 25.3 Å². The van der Waals surface area contributed by atoms with Crippen LogP contribution in [0.15, 0.2) is 65.9 Å². The quantitative estimate of drug-likeness (QED) is 0.142. The average molecular weight is 681 g/mol. The molecule has 0 unspecified atom stereocenters. The number of pyridine rings is 2. The summed E-state index contributed by atoms with van der Waals surface area (Å²) in [5, 5.41) is 6.40. The average Bonchev–Trinajstić information content (AvgIpc) is 3.51. The number of amides is 1. The van der Waals surface area contributed by atoms with Gasteiger partial charge < -0.3 is 15.6 Å². The Labute approximate surface area is 284 Å². The minimum Gasteiger partial charge on any atom is -0.364 e. The van der Waals surface area contributed by atoms with Gasteiger partial charge in [0, 0.05) is 41.5 Å². The Morgan fingerprint density at radius 3 is 2.67 bits per heavy atom. The molecule has 1 aliphatic carbocycles. The molecule has 0 saturated heterocycles. The summed E-state index contributed by atoms with van der Waals surface area (Å²) in [4.78, 5) is 35.2. The molecule has 0 bridgehead atoms. The molecule has 2 aromatic carbocycles. The first-order valence-electron chi connectivity index (χ1n) is 16.4. The first-order valence-corrected chi connectivity index (χ1v) is 18.3. The maximum absolute atomic E-state index is 14.7. The lowest BCUT2D eigenvalue weighted by Gasteiger charge is -2.21. The van der Waals surface area contributed by atoms with E-state index in [0.29, 0.717) is 58.4 Å². The molecule has 13 heteroatoms. The molecule has 2 aliphatic rings. The molecule has 1 saturated carbocycles. The standard InChI is InChI=1S/C36H37FN8O3S/c1-21-10-24(16-27(11-21)43-32(46)14-22-6-4-3-5-7-22)30-17-28-31(19-39-30)40-20-41-34(28)36-44-29-8-9-38-33(35(29)45-36)25-12-23(13-26(37)15-25)18-42-49(2,47)48/h8-13,15-17,19,22,40,42H,3-7,14,18,20H2,1-2H3,(H,43,46)(H,44,45). The highest BCUT2D eigenvalue weighted by atomic mass is 32.2. The summed E-state index contributed by atoms with van der Waals surface area (Å²) in [7, 11) is -3.46. The lowest BCUT2D eigenvalue weighted by Crippen LogP contribution is -2.21. The molecule has 4 N–H and O–H groups in total. The van der Waals surface area contributed by atoms with Crippen molar-refractivity contribution in [2.24, 2.45) is 10.9 Å². The lowest BCUT2D eigenvalue weighted by molar-refractivity contribution is -0.117. The van der Waals surface area contributed by atoms with Gasteiger partial charge in [-0.25, -0.2) is 22.5 Å². The van der Waals surface area contributed by atoms with Gasteiger partial charge in [0.15, 0.2) is 5.82 Å². The van der Waals surface area contributed by atoms with E-state index in [1.807, 2.05) is 31.2 Å². The van der Waals surface area contributed by atoms with E-state index in [1.165, 1.54) is 31.4 Å². The minimum atomic E-state index is -3.46. The fourth-order valence-corrected chi connectivity index (χ4v) is 7.10. The van der Waals surface area contributed by atoms with Gasteiger partial charge in [0.2, 0.25) is 15.9 Å². The third-order valence-corrected chi connectivity index (χ3v) is 9.58. The molecule has 252 valence electrons. The maximum atomic E-state index is 14.7. The van der Waals surface area contributed by atoms with Crippen molar-refractivity contribution >= 4 is 44.1 Å². The second-order valence-corrected chi connectivity index (χ2v) is 14.7. The zero-order valence-electron chi connectivity index (χ0n) is 27.3. The smallest absolute Gasteiger partial charge is 0.224 e. The molecule has 0 spiro atoms. The molecule has 0 radical (unpaired) electrons. The molecule has 1 fully saturated rings. The topological polar surface area (TPSA) is 154 Å². The van der Waals surface area contributed by atoms with Crippen LogP contribution in [0.25, 0.3) is 33.5 Å². The van der Waals surface area contributed by atoms with Gasteiger partial charge in [-0.15, -0.1) is 0 Å². The number of anilines is 2. The molecule has 11 nitrogen and oxygen atoms in total. The third-order valence-electron chi connectivity index (χ3n) is 8.92. The van der Waals surface area contributed by atoms with Gasteiger partial charge in [0.1, 0.15) is 23.7 Å². The van der Waals surface area contributed by atoms with E-state index in [4.69, 9.17) is 15.0 Å². The van der Waals surface area contributed by atoms with Crippen molar-refractivity contribution in [1.82, 2.24) is 24.7 Å². The fraction of sp³-hybridized carbons (Fsp3) is 0.306. The van der Waals surface area contributed by atoms with Gasteiger partial charge in [-0.2, -0.15) is 0 Å². The molecule has 0 atom stereocenters. The Kier molecular flexibility index (Phi) is 8.95. The number of rotatable bonds is 9. The van der Waals surface area contributed by atoms with Gasteiger partial charge in [0.25, 0.3) is 0 Å². The van der Waals surface area contributed by atoms with Crippen LogP contribution < -0.4 is 15.4 Å². The molecule has 49 heavy (non-hydrogen) atoms. The Hall–Kier alpha value is -5.01. The van der Waals surface area contributed by atoms with Crippen LogP contribution in [0.5, 0.6) is 0 Å². The van der Waals surface area contributed by atoms with E-state index < -0.39 is 15.8 Å². The zero-order valence-corrected chi connectivity index (χ0v) is 28.1. The van der Waals surface area contributed by atoms with E-state index in [1.54, 1.807) is 24.5 Å². The lowest BCUT2D eigenvalue weighted by atomic mass is 9.87. The predicted molar refractivity (Wildman–Crippen MR) is 189 cm³/mol. The van der Waals surface area contributed by atoms with Gasteiger partial charge in [0.05, 0.1) is 35.0 Å². The van der Waals surface area contributed by atoms with Crippen LogP contribution in [0.1, 0.15) is 61.0 Å². The SMILES string of the molecule is Cc1cc(NC(=O)CC2CCCCC2)cc(-c2cc3c(cn2)NCN=C3c2nc3c(-c4cc(F)cc(CNS(C)(=O)=O)c4)nccc3[nH]2)c1. The highest BCUT2D eigenvalue weighted by molar-refractivity contribution is 7.88. The van der Waals surface area contributed by atoms with Crippen LogP contribution in [-0.2, 0) is 21.4 Å². The second kappa shape index (κ2) is 13.5. The van der Waals surface area contributed by atoms with E-state index >= 15 is 0 Å². The first kappa shape index (κ1) is 32.5. The summed E-state index contributed by atoms with van der Waals surface area (Å²) in [5.74, 6) is 0.488. The Bertz CT molecular complexity index is 2210. The number of imidazole rings is 1. The Balaban J connectivity index is 1.19. The number of hydrogen-bond acceptors (Lipinski definition) is 8. The maximum Gasteiger partial charge on any atom is 0.224 e. The van der Waals surface area contributed by atoms with Crippen molar-refractivity contribution in [3.8, 4) is 22.5 Å². The summed E-state index contributed by atoms with van der Waals surface area (Å²) in [6, 6.07) is 14.0. The molecule has 1 amide bonds. The number of fused-ring (bicyclic) bond motifs is 2. The molecule has 4 heterocycles. The number of halogens is 1. The largest absolute Gasteiger partial charge is 0.364 e. The number of aromatic amines is 1. The van der Waals surface area contributed by atoms with Crippen LogP contribution >= 0.6 is 0 Å². The van der Waals surface area contributed by atoms with Crippen LogP contribution in [0.2, 0.25) is 0 Å². The van der Waals surface area contributed by atoms with E-state index in [-0.39, 0.29) is 12.5 Å². The number of nitrogens with one attached hydrogen (secondary N) is 4. The molecule has 5 aromatic rings. The highest BCUT2D eigenvalue weighted by Gasteiger charge is 2.23. The normalized spacial score (nSPS) is 15.0. The number of sulfonamides is 1. The van der Waals surface area contributed by atoms with Crippen molar-refractivity contribution in [3.05, 3.63) is 89.3 Å². The van der Waals surface area contributed by atoms with Crippen molar-refractivity contribution in [2.75, 3.05) is 23.6 Å². The zero-order chi connectivity index (χ0) is 34.1. The Morgan fingerprint density at radius 2 is 1.86 bits per heavy atom. The number of hydrogen-bond donors (Lipinski definition) is 4. The second-order valence-electron chi connectivity index (χ2n) is 12.9. The molecule has 3 aromatic heterocycles. The molecular formula is C36H37FN8O3S. The minimum absolute atomic E-state index is 0.0410. The number of carbonyl (C=O) groups excluding carboxylic acids is 1. The molecule has 7 rings (SSSR count). The van der Waals surface area contributed by atoms with Crippen molar-refractivity contribution < 1.29 is 17.6 Å². The monoisotopic (exact) mass is 680 g/mol. The van der Waals surface area contributed by atoms with Crippen molar-refractivity contribution in [3.63, 3.8) is 0 Å². The van der Waals surface area contributed by atoms with Gasteiger partial charge in [-0.3, -0.25) is 19.8 Å². The van der Waals surface area contributed by atoms with Gasteiger partial charge >= 0.3 is 0 Å². The summed E-state index contributed by atoms with van der Waals surface area (Å²) >= 11 is 0. The number of benzene rings is 2. The summed E-state index contributed by atoms with van der Waals surface area (Å²) in [6.07, 6.45) is 10.9. The van der Waals surface area contributed by atoms with Crippen molar-refractivity contribution in [2.45, 2.75) is 52.0 Å². The number of carbonyl (C=O) groups is 1.